The predicted molar refractivity (Wildman–Crippen MR) is 105 cm³/mol. The molecule has 4 heteroatoms. The Balaban J connectivity index is 1.93. The van der Waals surface area contributed by atoms with Crippen LogP contribution in [-0.2, 0) is 4.74 Å². The summed E-state index contributed by atoms with van der Waals surface area (Å²) in [4.78, 5) is 9.42. The summed E-state index contributed by atoms with van der Waals surface area (Å²) in [6, 6.07) is 20.7. The summed E-state index contributed by atoms with van der Waals surface area (Å²) in [6.45, 7) is 0.570. The predicted octanol–water partition coefficient (Wildman–Crippen LogP) is 5.32. The van der Waals surface area contributed by atoms with Crippen molar-refractivity contribution in [3.63, 3.8) is 0 Å². The lowest BCUT2D eigenvalue weighted by Crippen LogP contribution is -2.10. The van der Waals surface area contributed by atoms with E-state index in [-0.39, 0.29) is 5.92 Å². The molecule has 0 spiro atoms. The molecule has 0 radical (unpaired) electrons. The number of fused-ring (bicyclic) bond motifs is 2. The van der Waals surface area contributed by atoms with E-state index in [1.165, 1.54) is 5.56 Å². The Labute approximate surface area is 154 Å². The molecular formula is C21H17BrN2O. The van der Waals surface area contributed by atoms with Crippen LogP contribution in [0.5, 0.6) is 0 Å². The number of rotatable bonds is 4. The zero-order chi connectivity index (χ0) is 17.2. The smallest absolute Gasteiger partial charge is 0.0712 e. The summed E-state index contributed by atoms with van der Waals surface area (Å²) in [5, 5.41) is 2.29. The molecular weight excluding hydrogens is 376 g/mol. The van der Waals surface area contributed by atoms with Crippen LogP contribution < -0.4 is 0 Å². The molecule has 0 saturated carbocycles. The van der Waals surface area contributed by atoms with E-state index >= 15 is 0 Å². The number of para-hydroxylation sites is 1. The van der Waals surface area contributed by atoms with Crippen molar-refractivity contribution >= 4 is 37.7 Å². The molecule has 4 rings (SSSR count). The highest BCUT2D eigenvalue weighted by Gasteiger charge is 2.18. The van der Waals surface area contributed by atoms with Crippen molar-refractivity contribution in [3.05, 3.63) is 82.6 Å². The van der Waals surface area contributed by atoms with Crippen LogP contribution in [0.3, 0.4) is 0 Å². The van der Waals surface area contributed by atoms with Gasteiger partial charge in [0.1, 0.15) is 0 Å². The van der Waals surface area contributed by atoms with Gasteiger partial charge in [0.25, 0.3) is 0 Å². The summed E-state index contributed by atoms with van der Waals surface area (Å²) in [7, 11) is 1.73. The van der Waals surface area contributed by atoms with E-state index in [0.717, 1.165) is 32.0 Å². The lowest BCUT2D eigenvalue weighted by molar-refractivity contribution is 0.188. The highest BCUT2D eigenvalue weighted by molar-refractivity contribution is 9.10. The molecule has 1 atom stereocenters. The van der Waals surface area contributed by atoms with Gasteiger partial charge in [-0.1, -0.05) is 30.3 Å². The molecule has 2 aromatic carbocycles. The Morgan fingerprint density at radius 3 is 2.64 bits per heavy atom. The Morgan fingerprint density at radius 2 is 1.84 bits per heavy atom. The van der Waals surface area contributed by atoms with Crippen molar-refractivity contribution in [2.45, 2.75) is 5.92 Å². The number of aromatic nitrogens is 2. The van der Waals surface area contributed by atoms with Gasteiger partial charge in [-0.05, 0) is 51.8 Å². The second-order valence-corrected chi connectivity index (χ2v) is 6.92. The molecule has 1 unspecified atom stereocenters. The van der Waals surface area contributed by atoms with E-state index in [9.17, 15) is 0 Å². The molecule has 2 heterocycles. The fourth-order valence-electron chi connectivity index (χ4n) is 3.22. The summed E-state index contributed by atoms with van der Waals surface area (Å²) in [5.74, 6) is 0.0600. The molecule has 0 aliphatic heterocycles. The van der Waals surface area contributed by atoms with Gasteiger partial charge >= 0.3 is 0 Å². The highest BCUT2D eigenvalue weighted by Crippen LogP contribution is 2.31. The van der Waals surface area contributed by atoms with E-state index in [4.69, 9.17) is 9.72 Å². The Bertz CT molecular complexity index is 1030. The number of hydrogen-bond acceptors (Lipinski definition) is 3. The monoisotopic (exact) mass is 392 g/mol. The van der Waals surface area contributed by atoms with Crippen molar-refractivity contribution in [3.8, 4) is 0 Å². The van der Waals surface area contributed by atoms with Crippen molar-refractivity contribution < 1.29 is 4.74 Å². The maximum Gasteiger partial charge on any atom is 0.0712 e. The van der Waals surface area contributed by atoms with E-state index in [0.29, 0.717) is 6.61 Å². The fourth-order valence-corrected chi connectivity index (χ4v) is 3.45. The topological polar surface area (TPSA) is 35.0 Å². The molecule has 0 amide bonds. The minimum atomic E-state index is 0.0600. The van der Waals surface area contributed by atoms with Gasteiger partial charge in [0, 0.05) is 28.6 Å². The number of benzene rings is 2. The number of ether oxygens (including phenoxy) is 1. The van der Waals surface area contributed by atoms with Crippen LogP contribution in [0.25, 0.3) is 21.8 Å². The molecule has 0 N–H and O–H groups in total. The molecule has 3 nitrogen and oxygen atoms in total. The van der Waals surface area contributed by atoms with Gasteiger partial charge in [-0.25, -0.2) is 4.98 Å². The third-order valence-corrected chi connectivity index (χ3v) is 4.88. The lowest BCUT2D eigenvalue weighted by atomic mass is 9.92. The minimum absolute atomic E-state index is 0.0600. The molecule has 2 aromatic heterocycles. The standard InChI is InChI=1S/C21H17BrN2O/c1-25-13-18(20-10-9-15(22)12-23-20)16-6-4-8-21-17(16)11-14-5-2-3-7-19(14)24-21/h2-12,18H,13H2,1H3. The number of hydrogen-bond donors (Lipinski definition) is 0. The van der Waals surface area contributed by atoms with Gasteiger partial charge < -0.3 is 4.74 Å². The second kappa shape index (κ2) is 6.90. The first kappa shape index (κ1) is 16.2. The summed E-state index contributed by atoms with van der Waals surface area (Å²) in [6.07, 6.45) is 1.83. The average molecular weight is 393 g/mol. The fraction of sp³-hybridized carbons (Fsp3) is 0.143. The Kier molecular flexibility index (Phi) is 4.47. The molecule has 0 aliphatic rings. The average Bonchev–Trinajstić information content (AvgIpc) is 2.65. The van der Waals surface area contributed by atoms with Crippen molar-refractivity contribution in [1.82, 2.24) is 9.97 Å². The van der Waals surface area contributed by atoms with E-state index in [2.05, 4.69) is 51.2 Å². The van der Waals surface area contributed by atoms with Gasteiger partial charge in [-0.15, -0.1) is 0 Å². The Hall–Kier alpha value is -2.30. The van der Waals surface area contributed by atoms with Crippen LogP contribution in [0.2, 0.25) is 0 Å². The van der Waals surface area contributed by atoms with Crippen LogP contribution in [0.4, 0.5) is 0 Å². The molecule has 25 heavy (non-hydrogen) atoms. The zero-order valence-corrected chi connectivity index (χ0v) is 15.4. The maximum atomic E-state index is 5.51. The van der Waals surface area contributed by atoms with E-state index in [1.54, 1.807) is 7.11 Å². The summed E-state index contributed by atoms with van der Waals surface area (Å²) < 4.78 is 6.48. The first-order valence-corrected chi connectivity index (χ1v) is 8.94. The number of nitrogens with zero attached hydrogens (tertiary/aromatic N) is 2. The third kappa shape index (κ3) is 3.15. The molecule has 0 bridgehead atoms. The van der Waals surface area contributed by atoms with Gasteiger partial charge in [0.15, 0.2) is 0 Å². The normalized spacial score (nSPS) is 12.6. The van der Waals surface area contributed by atoms with Gasteiger partial charge in [-0.2, -0.15) is 0 Å². The molecule has 0 aliphatic carbocycles. The van der Waals surface area contributed by atoms with Crippen LogP contribution in [0.15, 0.2) is 71.3 Å². The van der Waals surface area contributed by atoms with Gasteiger partial charge in [0.2, 0.25) is 0 Å². The van der Waals surface area contributed by atoms with Gasteiger partial charge in [-0.3, -0.25) is 4.98 Å². The largest absolute Gasteiger partial charge is 0.384 e. The number of halogens is 1. The van der Waals surface area contributed by atoms with E-state index in [1.807, 2.05) is 36.5 Å². The summed E-state index contributed by atoms with van der Waals surface area (Å²) >= 11 is 3.45. The zero-order valence-electron chi connectivity index (χ0n) is 13.8. The first-order chi connectivity index (χ1) is 12.3. The van der Waals surface area contributed by atoms with Crippen molar-refractivity contribution in [2.24, 2.45) is 0 Å². The van der Waals surface area contributed by atoms with Crippen LogP contribution in [-0.4, -0.2) is 23.7 Å². The number of pyridine rings is 2. The minimum Gasteiger partial charge on any atom is -0.384 e. The SMILES string of the molecule is COCC(c1ccc(Br)cn1)c1cccc2nc3ccccc3cc12. The first-order valence-electron chi connectivity index (χ1n) is 8.15. The van der Waals surface area contributed by atoms with Crippen LogP contribution in [0, 0.1) is 0 Å². The highest BCUT2D eigenvalue weighted by atomic mass is 79.9. The van der Waals surface area contributed by atoms with Crippen molar-refractivity contribution in [1.29, 1.82) is 0 Å². The molecule has 0 fully saturated rings. The van der Waals surface area contributed by atoms with Crippen molar-refractivity contribution in [2.75, 3.05) is 13.7 Å². The molecule has 4 aromatic rings. The van der Waals surface area contributed by atoms with Crippen LogP contribution in [0.1, 0.15) is 17.2 Å². The molecule has 0 saturated heterocycles. The van der Waals surface area contributed by atoms with Crippen LogP contribution >= 0.6 is 15.9 Å². The Morgan fingerprint density at radius 1 is 1.00 bits per heavy atom. The van der Waals surface area contributed by atoms with E-state index < -0.39 is 0 Å². The lowest BCUT2D eigenvalue weighted by Gasteiger charge is -2.18. The number of methoxy groups -OCH3 is 1. The summed E-state index contributed by atoms with van der Waals surface area (Å²) in [5.41, 5.74) is 4.18. The second-order valence-electron chi connectivity index (χ2n) is 6.00. The van der Waals surface area contributed by atoms with Gasteiger partial charge in [0.05, 0.1) is 29.3 Å². The quantitative estimate of drug-likeness (QED) is 0.440. The maximum absolute atomic E-state index is 5.51. The third-order valence-electron chi connectivity index (χ3n) is 4.41. The molecule has 124 valence electrons.